The molecule has 2 amide bonds. The fourth-order valence-electron chi connectivity index (χ4n) is 3.19. The molecule has 8 nitrogen and oxygen atoms in total. The highest BCUT2D eigenvalue weighted by Crippen LogP contribution is 2.21. The van der Waals surface area contributed by atoms with Crippen LogP contribution in [0.3, 0.4) is 0 Å². The van der Waals surface area contributed by atoms with Crippen LogP contribution in [0.25, 0.3) is 0 Å². The van der Waals surface area contributed by atoms with E-state index in [1.54, 1.807) is 41.3 Å². The monoisotopic (exact) mass is 405 g/mol. The number of carbonyl (C=O) groups excluding carboxylic acids is 2. The number of carbonyl (C=O) groups is 2. The van der Waals surface area contributed by atoms with Crippen molar-refractivity contribution in [2.45, 2.75) is 25.3 Å². The lowest BCUT2D eigenvalue weighted by atomic mass is 10.0. The number of amides is 2. The number of nitrogens with one attached hydrogen (secondary N) is 2. The number of furan rings is 1. The lowest BCUT2D eigenvalue weighted by Crippen LogP contribution is -2.49. The van der Waals surface area contributed by atoms with E-state index < -0.39 is 10.0 Å². The number of hydrogen-bond donors (Lipinski definition) is 2. The Bertz CT molecular complexity index is 923. The van der Waals surface area contributed by atoms with Gasteiger partial charge in [-0.05, 0) is 55.7 Å². The predicted octanol–water partition coefficient (Wildman–Crippen LogP) is 2.08. The van der Waals surface area contributed by atoms with Crippen molar-refractivity contribution in [2.24, 2.45) is 0 Å². The molecule has 150 valence electrons. The molecule has 3 rings (SSSR count). The third-order valence-corrected chi connectivity index (χ3v) is 5.29. The molecule has 1 fully saturated rings. The van der Waals surface area contributed by atoms with Gasteiger partial charge in [-0.25, -0.2) is 13.1 Å². The van der Waals surface area contributed by atoms with Crippen molar-refractivity contribution in [3.8, 4) is 0 Å². The van der Waals surface area contributed by atoms with Crippen molar-refractivity contribution < 1.29 is 22.4 Å². The smallest absolute Gasteiger partial charge is 0.291 e. The standard InChI is InChI=1S/C19H23N3O5S/c1-28(25,26)20-13-16-5-2-3-11-22(16)19(24)14-7-9-15(10-8-14)21-18(23)17-6-4-12-27-17/h4,6-10,12,16,20H,2-3,5,11,13H2,1H3,(H,21,23). The maximum absolute atomic E-state index is 12.9. The van der Waals surface area contributed by atoms with E-state index in [0.717, 1.165) is 25.5 Å². The van der Waals surface area contributed by atoms with E-state index in [2.05, 4.69) is 10.0 Å². The molecule has 1 aliphatic rings. The van der Waals surface area contributed by atoms with E-state index in [4.69, 9.17) is 4.42 Å². The highest BCUT2D eigenvalue weighted by atomic mass is 32.2. The summed E-state index contributed by atoms with van der Waals surface area (Å²) in [6, 6.07) is 9.63. The summed E-state index contributed by atoms with van der Waals surface area (Å²) < 4.78 is 30.3. The highest BCUT2D eigenvalue weighted by Gasteiger charge is 2.28. The summed E-state index contributed by atoms with van der Waals surface area (Å²) in [6.45, 7) is 0.799. The van der Waals surface area contributed by atoms with Gasteiger partial charge in [0.15, 0.2) is 5.76 Å². The van der Waals surface area contributed by atoms with Crippen LogP contribution in [0.2, 0.25) is 0 Å². The molecule has 9 heteroatoms. The lowest BCUT2D eigenvalue weighted by molar-refractivity contribution is 0.0618. The average molecular weight is 405 g/mol. The zero-order chi connectivity index (χ0) is 20.1. The van der Waals surface area contributed by atoms with Gasteiger partial charge in [-0.3, -0.25) is 9.59 Å². The number of piperidine rings is 1. The maximum atomic E-state index is 12.9. The van der Waals surface area contributed by atoms with E-state index in [1.807, 2.05) is 0 Å². The summed E-state index contributed by atoms with van der Waals surface area (Å²) in [4.78, 5) is 26.6. The first kappa shape index (κ1) is 20.1. The number of anilines is 1. The van der Waals surface area contributed by atoms with Crippen molar-refractivity contribution in [3.05, 3.63) is 54.0 Å². The minimum Gasteiger partial charge on any atom is -0.459 e. The number of likely N-dealkylation sites (tertiary alicyclic amines) is 1. The molecule has 1 aliphatic heterocycles. The first-order valence-corrected chi connectivity index (χ1v) is 10.9. The number of sulfonamides is 1. The van der Waals surface area contributed by atoms with Crippen molar-refractivity contribution >= 4 is 27.5 Å². The Kier molecular flexibility index (Phi) is 6.15. The third-order valence-electron chi connectivity index (χ3n) is 4.60. The Labute approximate surface area is 164 Å². The minimum absolute atomic E-state index is 0.149. The molecular formula is C19H23N3O5S. The van der Waals surface area contributed by atoms with Gasteiger partial charge in [0.25, 0.3) is 11.8 Å². The van der Waals surface area contributed by atoms with E-state index in [-0.39, 0.29) is 30.2 Å². The van der Waals surface area contributed by atoms with Crippen molar-refractivity contribution in [1.29, 1.82) is 0 Å². The number of nitrogens with zero attached hydrogens (tertiary/aromatic N) is 1. The molecular weight excluding hydrogens is 382 g/mol. The topological polar surface area (TPSA) is 109 Å². The molecule has 0 spiro atoms. The van der Waals surface area contributed by atoms with Crippen LogP contribution in [-0.4, -0.2) is 50.5 Å². The first-order chi connectivity index (χ1) is 13.3. The largest absolute Gasteiger partial charge is 0.459 e. The molecule has 1 aromatic carbocycles. The predicted molar refractivity (Wildman–Crippen MR) is 105 cm³/mol. The summed E-state index contributed by atoms with van der Waals surface area (Å²) in [5, 5.41) is 2.70. The summed E-state index contributed by atoms with van der Waals surface area (Å²) >= 11 is 0. The van der Waals surface area contributed by atoms with Crippen molar-refractivity contribution in [1.82, 2.24) is 9.62 Å². The molecule has 1 saturated heterocycles. The summed E-state index contributed by atoms with van der Waals surface area (Å²) in [6.07, 6.45) is 5.13. The van der Waals surface area contributed by atoms with Gasteiger partial charge in [-0.1, -0.05) is 0 Å². The molecule has 0 saturated carbocycles. The molecule has 1 unspecified atom stereocenters. The van der Waals surface area contributed by atoms with Gasteiger partial charge >= 0.3 is 0 Å². The van der Waals surface area contributed by atoms with Crippen LogP contribution in [0.5, 0.6) is 0 Å². The van der Waals surface area contributed by atoms with E-state index in [9.17, 15) is 18.0 Å². The van der Waals surface area contributed by atoms with E-state index >= 15 is 0 Å². The second-order valence-electron chi connectivity index (χ2n) is 6.78. The highest BCUT2D eigenvalue weighted by molar-refractivity contribution is 7.88. The second-order valence-corrected chi connectivity index (χ2v) is 8.61. The SMILES string of the molecule is CS(=O)(=O)NCC1CCCCN1C(=O)c1ccc(NC(=O)c2ccco2)cc1. The van der Waals surface area contributed by atoms with Gasteiger partial charge in [-0.2, -0.15) is 0 Å². The molecule has 28 heavy (non-hydrogen) atoms. The van der Waals surface area contributed by atoms with Crippen LogP contribution in [-0.2, 0) is 10.0 Å². The fraction of sp³-hybridized carbons (Fsp3) is 0.368. The van der Waals surface area contributed by atoms with Crippen LogP contribution < -0.4 is 10.0 Å². The molecule has 2 heterocycles. The van der Waals surface area contributed by atoms with Gasteiger partial charge in [0, 0.05) is 30.4 Å². The van der Waals surface area contributed by atoms with Crippen LogP contribution >= 0.6 is 0 Å². The van der Waals surface area contributed by atoms with Gasteiger partial charge in [0.2, 0.25) is 10.0 Å². The Balaban J connectivity index is 1.66. The summed E-state index contributed by atoms with van der Waals surface area (Å²) in [5.41, 5.74) is 1.04. The van der Waals surface area contributed by atoms with Crippen LogP contribution in [0.1, 0.15) is 40.2 Å². The van der Waals surface area contributed by atoms with Crippen molar-refractivity contribution in [2.75, 3.05) is 24.7 Å². The average Bonchev–Trinajstić information content (AvgIpc) is 3.21. The first-order valence-electron chi connectivity index (χ1n) is 9.04. The molecule has 1 atom stereocenters. The molecule has 2 aromatic rings. The normalized spacial score (nSPS) is 17.3. The van der Waals surface area contributed by atoms with Crippen LogP contribution in [0.4, 0.5) is 5.69 Å². The van der Waals surface area contributed by atoms with Crippen LogP contribution in [0.15, 0.2) is 47.1 Å². The van der Waals surface area contributed by atoms with Gasteiger partial charge in [-0.15, -0.1) is 0 Å². The maximum Gasteiger partial charge on any atom is 0.291 e. The summed E-state index contributed by atoms with van der Waals surface area (Å²) in [5.74, 6) is -0.314. The Morgan fingerprint density at radius 3 is 2.57 bits per heavy atom. The van der Waals surface area contributed by atoms with Gasteiger partial charge in [0.05, 0.1) is 12.5 Å². The summed E-state index contributed by atoms with van der Waals surface area (Å²) in [7, 11) is -3.31. The Morgan fingerprint density at radius 2 is 1.93 bits per heavy atom. The van der Waals surface area contributed by atoms with E-state index in [1.165, 1.54) is 6.26 Å². The molecule has 2 N–H and O–H groups in total. The zero-order valence-electron chi connectivity index (χ0n) is 15.6. The number of rotatable bonds is 6. The minimum atomic E-state index is -3.31. The fourth-order valence-corrected chi connectivity index (χ4v) is 3.69. The van der Waals surface area contributed by atoms with Gasteiger partial charge < -0.3 is 14.6 Å². The lowest BCUT2D eigenvalue weighted by Gasteiger charge is -2.35. The molecule has 1 aromatic heterocycles. The Morgan fingerprint density at radius 1 is 1.18 bits per heavy atom. The molecule has 0 aliphatic carbocycles. The Hall–Kier alpha value is -2.65. The van der Waals surface area contributed by atoms with Crippen LogP contribution in [0, 0.1) is 0 Å². The number of hydrogen-bond acceptors (Lipinski definition) is 5. The molecule has 0 bridgehead atoms. The van der Waals surface area contributed by atoms with Crippen molar-refractivity contribution in [3.63, 3.8) is 0 Å². The van der Waals surface area contributed by atoms with Gasteiger partial charge in [0.1, 0.15) is 0 Å². The second kappa shape index (κ2) is 8.57. The zero-order valence-corrected chi connectivity index (χ0v) is 16.4. The molecule has 0 radical (unpaired) electrons. The quantitative estimate of drug-likeness (QED) is 0.765. The third kappa shape index (κ3) is 5.20. The van der Waals surface area contributed by atoms with E-state index in [0.29, 0.717) is 17.8 Å². The number of benzene rings is 1.